The second kappa shape index (κ2) is 11.0. The zero-order valence-corrected chi connectivity index (χ0v) is 17.3. The molecule has 0 unspecified atom stereocenters. The van der Waals surface area contributed by atoms with E-state index in [4.69, 9.17) is 4.84 Å². The van der Waals surface area contributed by atoms with Crippen molar-refractivity contribution in [1.29, 1.82) is 0 Å². The summed E-state index contributed by atoms with van der Waals surface area (Å²) in [5.41, 5.74) is 2.61. The van der Waals surface area contributed by atoms with Crippen molar-refractivity contribution >= 4 is 24.2 Å². The van der Waals surface area contributed by atoms with Crippen LogP contribution < -0.4 is 0 Å². The van der Waals surface area contributed by atoms with Crippen LogP contribution in [0.2, 0.25) is 0 Å². The maximum Gasteiger partial charge on any atom is 0.0935 e. The van der Waals surface area contributed by atoms with Crippen molar-refractivity contribution in [3.63, 3.8) is 0 Å². The lowest BCUT2D eigenvalue weighted by Crippen LogP contribution is -2.34. The molecule has 3 nitrogen and oxygen atoms in total. The molecule has 2 aromatic rings. The number of thioether (sulfide) groups is 1. The first-order valence-electron chi connectivity index (χ1n) is 9.01. The van der Waals surface area contributed by atoms with Gasteiger partial charge in [-0.15, -0.1) is 24.2 Å². The van der Waals surface area contributed by atoms with Crippen molar-refractivity contribution < 1.29 is 4.84 Å². The van der Waals surface area contributed by atoms with Gasteiger partial charge in [0.25, 0.3) is 0 Å². The quantitative estimate of drug-likeness (QED) is 0.668. The molecule has 0 N–H and O–H groups in total. The summed E-state index contributed by atoms with van der Waals surface area (Å²) in [6.07, 6.45) is 2.36. The fourth-order valence-electron chi connectivity index (χ4n) is 3.05. The van der Waals surface area contributed by atoms with Crippen molar-refractivity contribution in [2.75, 3.05) is 27.2 Å². The molecule has 1 aliphatic heterocycles. The van der Waals surface area contributed by atoms with Gasteiger partial charge in [0.15, 0.2) is 0 Å². The second-order valence-electron chi connectivity index (χ2n) is 6.89. The molecule has 0 aromatic heterocycles. The molecule has 0 aliphatic carbocycles. The summed E-state index contributed by atoms with van der Waals surface area (Å²) in [4.78, 5) is 9.52. The van der Waals surface area contributed by atoms with Gasteiger partial charge in [-0.05, 0) is 50.2 Å². The molecular weight excluding hydrogens is 364 g/mol. The van der Waals surface area contributed by atoms with Crippen molar-refractivity contribution in [2.24, 2.45) is 0 Å². The molecule has 0 saturated carbocycles. The Kier molecular flexibility index (Phi) is 8.96. The van der Waals surface area contributed by atoms with E-state index in [2.05, 4.69) is 72.6 Å². The third-order valence-corrected chi connectivity index (χ3v) is 5.73. The number of nitrogens with zero attached hydrogens (tertiary/aromatic N) is 2. The van der Waals surface area contributed by atoms with Gasteiger partial charge in [0, 0.05) is 29.8 Å². The Morgan fingerprint density at radius 1 is 0.962 bits per heavy atom. The first kappa shape index (κ1) is 21.3. The minimum atomic E-state index is 0. The predicted octanol–water partition coefficient (Wildman–Crippen LogP) is 4.86. The lowest BCUT2D eigenvalue weighted by atomic mass is 10.1. The Morgan fingerprint density at radius 2 is 1.62 bits per heavy atom. The fourth-order valence-corrected chi connectivity index (χ4v) is 4.17. The number of hydroxylamine groups is 2. The smallest absolute Gasteiger partial charge is 0.0935 e. The molecular formula is C21H29ClN2OS. The van der Waals surface area contributed by atoms with Crippen LogP contribution in [0.15, 0.2) is 59.5 Å². The molecule has 26 heavy (non-hydrogen) atoms. The number of rotatable bonds is 7. The van der Waals surface area contributed by atoms with E-state index in [1.807, 2.05) is 17.8 Å². The van der Waals surface area contributed by atoms with E-state index in [9.17, 15) is 0 Å². The molecule has 1 saturated heterocycles. The van der Waals surface area contributed by atoms with Crippen LogP contribution in [0.1, 0.15) is 24.0 Å². The highest BCUT2D eigenvalue weighted by Crippen LogP contribution is 2.30. The van der Waals surface area contributed by atoms with E-state index >= 15 is 0 Å². The summed E-state index contributed by atoms with van der Waals surface area (Å²) in [5.74, 6) is 0. The SMILES string of the molecule is CN(C)Cc1ccc(SC2CCN(OCc3ccccc3)CC2)cc1.Cl. The zero-order chi connectivity index (χ0) is 17.5. The Bertz CT molecular complexity index is 628. The summed E-state index contributed by atoms with van der Waals surface area (Å²) < 4.78 is 0. The topological polar surface area (TPSA) is 15.7 Å². The van der Waals surface area contributed by atoms with Crippen LogP contribution in [-0.4, -0.2) is 42.4 Å². The van der Waals surface area contributed by atoms with Crippen molar-refractivity contribution in [3.05, 3.63) is 65.7 Å². The van der Waals surface area contributed by atoms with Gasteiger partial charge in [-0.1, -0.05) is 42.5 Å². The van der Waals surface area contributed by atoms with Crippen LogP contribution in [0.3, 0.4) is 0 Å². The van der Waals surface area contributed by atoms with E-state index in [1.165, 1.54) is 28.9 Å². The predicted molar refractivity (Wildman–Crippen MR) is 113 cm³/mol. The molecule has 0 radical (unpaired) electrons. The second-order valence-corrected chi connectivity index (χ2v) is 8.26. The number of hydrogen-bond donors (Lipinski definition) is 0. The summed E-state index contributed by atoms with van der Waals surface area (Å²) in [6, 6.07) is 19.4. The molecule has 1 heterocycles. The maximum atomic E-state index is 5.94. The molecule has 1 fully saturated rings. The van der Waals surface area contributed by atoms with Gasteiger partial charge in [-0.3, -0.25) is 4.84 Å². The highest BCUT2D eigenvalue weighted by atomic mass is 35.5. The molecule has 5 heteroatoms. The van der Waals surface area contributed by atoms with Gasteiger partial charge in [0.1, 0.15) is 0 Å². The minimum absolute atomic E-state index is 0. The summed E-state index contributed by atoms with van der Waals surface area (Å²) in [7, 11) is 4.21. The van der Waals surface area contributed by atoms with E-state index < -0.39 is 0 Å². The maximum absolute atomic E-state index is 5.94. The van der Waals surface area contributed by atoms with Crippen LogP contribution in [0.25, 0.3) is 0 Å². The molecule has 3 rings (SSSR count). The molecule has 142 valence electrons. The standard InChI is InChI=1S/C21H28N2OS.ClH/c1-22(2)16-18-8-10-20(11-9-18)25-21-12-14-23(15-13-21)24-17-19-6-4-3-5-7-19;/h3-11,21H,12-17H2,1-2H3;1H. The number of piperidine rings is 1. The average molecular weight is 393 g/mol. The first-order chi connectivity index (χ1) is 12.2. The van der Waals surface area contributed by atoms with E-state index in [-0.39, 0.29) is 12.4 Å². The third kappa shape index (κ3) is 6.93. The summed E-state index contributed by atoms with van der Waals surface area (Å²) >= 11 is 2.01. The van der Waals surface area contributed by atoms with Crippen LogP contribution in [0.5, 0.6) is 0 Å². The van der Waals surface area contributed by atoms with Crippen LogP contribution in [0.4, 0.5) is 0 Å². The molecule has 2 aromatic carbocycles. The lowest BCUT2D eigenvalue weighted by Gasteiger charge is -2.30. The van der Waals surface area contributed by atoms with Gasteiger partial charge >= 0.3 is 0 Å². The normalized spacial score (nSPS) is 15.8. The zero-order valence-electron chi connectivity index (χ0n) is 15.6. The first-order valence-corrected chi connectivity index (χ1v) is 9.89. The minimum Gasteiger partial charge on any atom is -0.305 e. The van der Waals surface area contributed by atoms with Crippen LogP contribution in [-0.2, 0) is 18.0 Å². The largest absolute Gasteiger partial charge is 0.305 e. The Morgan fingerprint density at radius 3 is 2.23 bits per heavy atom. The highest BCUT2D eigenvalue weighted by molar-refractivity contribution is 8.00. The Hall–Kier alpha value is -1.04. The lowest BCUT2D eigenvalue weighted by molar-refractivity contribution is -0.177. The van der Waals surface area contributed by atoms with Gasteiger partial charge in [-0.2, -0.15) is 5.06 Å². The van der Waals surface area contributed by atoms with E-state index in [0.717, 1.165) is 19.6 Å². The monoisotopic (exact) mass is 392 g/mol. The molecule has 0 bridgehead atoms. The average Bonchev–Trinajstić information content (AvgIpc) is 2.63. The number of halogens is 1. The number of benzene rings is 2. The van der Waals surface area contributed by atoms with Crippen molar-refractivity contribution in [2.45, 2.75) is 36.1 Å². The van der Waals surface area contributed by atoms with Gasteiger partial charge in [0.05, 0.1) is 6.61 Å². The molecule has 0 atom stereocenters. The third-order valence-electron chi connectivity index (χ3n) is 4.38. The molecule has 1 aliphatic rings. The Labute approximate surface area is 168 Å². The van der Waals surface area contributed by atoms with Crippen LogP contribution in [0, 0.1) is 0 Å². The molecule has 0 amide bonds. The van der Waals surface area contributed by atoms with E-state index in [1.54, 1.807) is 0 Å². The van der Waals surface area contributed by atoms with Gasteiger partial charge < -0.3 is 4.90 Å². The highest BCUT2D eigenvalue weighted by Gasteiger charge is 2.20. The molecule has 0 spiro atoms. The summed E-state index contributed by atoms with van der Waals surface area (Å²) in [6.45, 7) is 3.71. The van der Waals surface area contributed by atoms with Crippen molar-refractivity contribution in [1.82, 2.24) is 9.96 Å². The van der Waals surface area contributed by atoms with Crippen LogP contribution >= 0.6 is 24.2 Å². The van der Waals surface area contributed by atoms with Gasteiger partial charge in [0.2, 0.25) is 0 Å². The Balaban J connectivity index is 0.00000243. The summed E-state index contributed by atoms with van der Waals surface area (Å²) in [5, 5.41) is 2.82. The van der Waals surface area contributed by atoms with Gasteiger partial charge in [-0.25, -0.2) is 0 Å². The van der Waals surface area contributed by atoms with Crippen molar-refractivity contribution in [3.8, 4) is 0 Å². The van der Waals surface area contributed by atoms with E-state index in [0.29, 0.717) is 11.9 Å². The fraction of sp³-hybridized carbons (Fsp3) is 0.429. The number of hydrogen-bond acceptors (Lipinski definition) is 4.